The lowest BCUT2D eigenvalue weighted by molar-refractivity contribution is -0.135. The van der Waals surface area contributed by atoms with Gasteiger partial charge in [0.25, 0.3) is 0 Å². The molecule has 0 aliphatic carbocycles. The Balaban J connectivity index is 4.10. The van der Waals surface area contributed by atoms with E-state index < -0.39 is 28.8 Å². The molecule has 76 valence electrons. The first-order valence-corrected chi connectivity index (χ1v) is 4.43. The van der Waals surface area contributed by atoms with Crippen LogP contribution in [0.1, 0.15) is 0 Å². The molecule has 13 heavy (non-hydrogen) atoms. The van der Waals surface area contributed by atoms with Crippen LogP contribution in [0, 0.1) is 0 Å². The zero-order valence-corrected chi connectivity index (χ0v) is 7.42. The minimum Gasteiger partial charge on any atom is -0.480 e. The molecule has 0 atom stereocenters. The van der Waals surface area contributed by atoms with E-state index in [0.29, 0.717) is 0 Å². The molecule has 0 rings (SSSR count). The molecule has 3 N–H and O–H groups in total. The molecule has 0 aromatic rings. The third-order valence-electron chi connectivity index (χ3n) is 0.817. The third-order valence-corrected chi connectivity index (χ3v) is 1.78. The highest BCUT2D eigenvalue weighted by Crippen LogP contribution is 1.79. The van der Waals surface area contributed by atoms with Crippen molar-refractivity contribution in [1.29, 1.82) is 0 Å². The zero-order valence-electron chi connectivity index (χ0n) is 6.60. The fraction of sp³-hybridized carbons (Fsp3) is 0.500. The molecule has 0 radical (unpaired) electrons. The first-order chi connectivity index (χ1) is 5.87. The molecule has 0 saturated carbocycles. The van der Waals surface area contributed by atoms with E-state index in [1.165, 1.54) is 4.72 Å². The molecule has 1 amide bonds. The number of aliphatic carboxylic acids is 1. The Morgan fingerprint density at radius 3 is 2.38 bits per heavy atom. The Morgan fingerprint density at radius 1 is 1.46 bits per heavy atom. The number of rotatable bonds is 4. The van der Waals surface area contributed by atoms with Crippen LogP contribution in [-0.2, 0) is 19.7 Å². The van der Waals surface area contributed by atoms with Crippen molar-refractivity contribution in [2.75, 3.05) is 13.7 Å². The van der Waals surface area contributed by atoms with E-state index in [9.17, 15) is 18.0 Å². The molecular formula is C4H8N2O6S. The monoisotopic (exact) mass is 212 g/mol. The van der Waals surface area contributed by atoms with E-state index in [1.54, 1.807) is 4.72 Å². The van der Waals surface area contributed by atoms with Crippen molar-refractivity contribution in [2.24, 2.45) is 0 Å². The lowest BCUT2D eigenvalue weighted by atomic mass is 10.7. The first-order valence-electron chi connectivity index (χ1n) is 2.94. The second-order valence-corrected chi connectivity index (χ2v) is 3.31. The highest BCUT2D eigenvalue weighted by molar-refractivity contribution is 7.88. The van der Waals surface area contributed by atoms with E-state index in [1.807, 2.05) is 0 Å². The van der Waals surface area contributed by atoms with Crippen molar-refractivity contribution < 1.29 is 27.9 Å². The number of methoxy groups -OCH3 is 1. The number of hydrogen-bond acceptors (Lipinski definition) is 5. The Hall–Kier alpha value is -1.35. The summed E-state index contributed by atoms with van der Waals surface area (Å²) in [6.07, 6.45) is -1.20. The summed E-state index contributed by atoms with van der Waals surface area (Å²) >= 11 is 0. The number of carbonyl (C=O) groups excluding carboxylic acids is 1. The van der Waals surface area contributed by atoms with Gasteiger partial charge in [-0.3, -0.25) is 4.79 Å². The van der Waals surface area contributed by atoms with Crippen LogP contribution in [0.5, 0.6) is 0 Å². The van der Waals surface area contributed by atoms with Gasteiger partial charge in [0.2, 0.25) is 0 Å². The summed E-state index contributed by atoms with van der Waals surface area (Å²) in [6.45, 7) is -0.813. The van der Waals surface area contributed by atoms with Crippen LogP contribution >= 0.6 is 0 Å². The number of carboxylic acid groups (broad SMARTS) is 1. The lowest BCUT2D eigenvalue weighted by Crippen LogP contribution is -2.42. The molecule has 0 aliphatic heterocycles. The highest BCUT2D eigenvalue weighted by atomic mass is 32.2. The lowest BCUT2D eigenvalue weighted by Gasteiger charge is -2.04. The third kappa shape index (κ3) is 5.87. The van der Waals surface area contributed by atoms with Crippen molar-refractivity contribution in [1.82, 2.24) is 9.44 Å². The van der Waals surface area contributed by atoms with Gasteiger partial charge in [-0.1, -0.05) is 0 Å². The first kappa shape index (κ1) is 11.6. The molecule has 0 heterocycles. The van der Waals surface area contributed by atoms with Crippen LogP contribution in [0.15, 0.2) is 0 Å². The predicted molar refractivity (Wildman–Crippen MR) is 40.1 cm³/mol. The van der Waals surface area contributed by atoms with Gasteiger partial charge in [0, 0.05) is 0 Å². The number of amides is 1. The summed E-state index contributed by atoms with van der Waals surface area (Å²) in [5.74, 6) is -1.37. The van der Waals surface area contributed by atoms with Gasteiger partial charge in [-0.25, -0.2) is 9.52 Å². The van der Waals surface area contributed by atoms with Crippen LogP contribution in [-0.4, -0.2) is 39.2 Å². The summed E-state index contributed by atoms with van der Waals surface area (Å²) in [6, 6.07) is 0. The minimum absolute atomic E-state index is 0.813. The molecule has 0 aliphatic rings. The molecule has 8 nitrogen and oxygen atoms in total. The fourth-order valence-corrected chi connectivity index (χ4v) is 1.03. The van der Waals surface area contributed by atoms with Gasteiger partial charge in [0.1, 0.15) is 6.54 Å². The summed E-state index contributed by atoms with van der Waals surface area (Å²) in [5, 5.41) is 8.10. The number of carboxylic acids is 1. The molecule has 0 fully saturated rings. The van der Waals surface area contributed by atoms with Crippen molar-refractivity contribution in [3.63, 3.8) is 0 Å². The van der Waals surface area contributed by atoms with E-state index in [4.69, 9.17) is 5.11 Å². The Morgan fingerprint density at radius 2 is 2.00 bits per heavy atom. The minimum atomic E-state index is -4.14. The molecular weight excluding hydrogens is 204 g/mol. The average molecular weight is 212 g/mol. The summed E-state index contributed by atoms with van der Waals surface area (Å²) in [4.78, 5) is 20.3. The average Bonchev–Trinajstić information content (AvgIpc) is 2.00. The van der Waals surface area contributed by atoms with Gasteiger partial charge in [-0.05, 0) is 0 Å². The molecule has 0 spiro atoms. The summed E-state index contributed by atoms with van der Waals surface area (Å²) in [7, 11) is -3.17. The normalized spacial score (nSPS) is 10.5. The Bertz CT molecular complexity index is 296. The van der Waals surface area contributed by atoms with Crippen LogP contribution in [0.4, 0.5) is 4.79 Å². The van der Waals surface area contributed by atoms with Crippen LogP contribution < -0.4 is 9.44 Å². The van der Waals surface area contributed by atoms with Gasteiger partial charge >= 0.3 is 22.3 Å². The molecule has 0 unspecified atom stereocenters. The Labute approximate surface area is 74.1 Å². The maximum absolute atomic E-state index is 10.7. The van der Waals surface area contributed by atoms with Gasteiger partial charge in [0.05, 0.1) is 7.11 Å². The van der Waals surface area contributed by atoms with E-state index in [0.717, 1.165) is 7.11 Å². The molecule has 9 heteroatoms. The summed E-state index contributed by atoms with van der Waals surface area (Å²) < 4.78 is 28.4. The zero-order chi connectivity index (χ0) is 10.5. The van der Waals surface area contributed by atoms with Crippen LogP contribution in [0.25, 0.3) is 0 Å². The molecule has 0 bridgehead atoms. The highest BCUT2D eigenvalue weighted by Gasteiger charge is 2.14. The fourth-order valence-electron chi connectivity index (χ4n) is 0.344. The second kappa shape index (κ2) is 4.62. The quantitative estimate of drug-likeness (QED) is 0.508. The summed E-state index contributed by atoms with van der Waals surface area (Å²) in [5.41, 5.74) is 0. The largest absolute Gasteiger partial charge is 0.480 e. The van der Waals surface area contributed by atoms with Crippen molar-refractivity contribution >= 4 is 22.3 Å². The van der Waals surface area contributed by atoms with Crippen molar-refractivity contribution in [2.45, 2.75) is 0 Å². The van der Waals surface area contributed by atoms with E-state index >= 15 is 0 Å². The van der Waals surface area contributed by atoms with Gasteiger partial charge in [-0.2, -0.15) is 13.1 Å². The SMILES string of the molecule is COC(=O)NS(=O)(=O)NCC(=O)O. The number of hydrogen-bond donors (Lipinski definition) is 3. The number of nitrogens with one attached hydrogen (secondary N) is 2. The van der Waals surface area contributed by atoms with Crippen molar-refractivity contribution in [3.05, 3.63) is 0 Å². The maximum atomic E-state index is 10.7. The number of ether oxygens (including phenoxy) is 1. The molecule has 0 saturated heterocycles. The van der Waals surface area contributed by atoms with Gasteiger partial charge in [-0.15, -0.1) is 0 Å². The standard InChI is InChI=1S/C4H8N2O6S/c1-12-4(9)6-13(10,11)5-2-3(7)8/h5H,2H2,1H3,(H,6,9)(H,7,8). The second-order valence-electron chi connectivity index (χ2n) is 1.81. The van der Waals surface area contributed by atoms with Gasteiger partial charge < -0.3 is 9.84 Å². The maximum Gasteiger partial charge on any atom is 0.421 e. The van der Waals surface area contributed by atoms with E-state index in [2.05, 4.69) is 4.74 Å². The predicted octanol–water partition coefficient (Wildman–Crippen LogP) is -1.74. The van der Waals surface area contributed by atoms with Crippen LogP contribution in [0.2, 0.25) is 0 Å². The van der Waals surface area contributed by atoms with Gasteiger partial charge in [0.15, 0.2) is 0 Å². The van der Waals surface area contributed by atoms with Crippen LogP contribution in [0.3, 0.4) is 0 Å². The molecule has 0 aromatic carbocycles. The smallest absolute Gasteiger partial charge is 0.421 e. The number of carbonyl (C=O) groups is 2. The van der Waals surface area contributed by atoms with E-state index in [-0.39, 0.29) is 0 Å². The topological polar surface area (TPSA) is 122 Å². The molecule has 0 aromatic heterocycles. The van der Waals surface area contributed by atoms with Crippen molar-refractivity contribution in [3.8, 4) is 0 Å². The Kier molecular flexibility index (Phi) is 4.14.